The van der Waals surface area contributed by atoms with Crippen molar-refractivity contribution in [3.63, 3.8) is 0 Å². The Labute approximate surface area is 92.6 Å². The zero-order valence-corrected chi connectivity index (χ0v) is 10.3. The highest BCUT2D eigenvalue weighted by Crippen LogP contribution is 2.39. The first-order chi connectivity index (χ1) is 6.83. The molecule has 0 radical (unpaired) electrons. The van der Waals surface area contributed by atoms with Crippen molar-refractivity contribution in [3.8, 4) is 0 Å². The summed E-state index contributed by atoms with van der Waals surface area (Å²) >= 11 is 0. The van der Waals surface area contributed by atoms with E-state index in [1.165, 1.54) is 5.60 Å². The summed E-state index contributed by atoms with van der Waals surface area (Å²) in [6.07, 6.45) is 3.30. The van der Waals surface area contributed by atoms with E-state index in [2.05, 4.69) is 45.7 Å². The molecule has 0 saturated carbocycles. The molecule has 0 N–H and O–H groups in total. The van der Waals surface area contributed by atoms with Gasteiger partial charge in [-0.15, -0.1) is 0 Å². The first-order valence-electron chi connectivity index (χ1n) is 5.60. The lowest BCUT2D eigenvalue weighted by atomic mass is 9.84. The Morgan fingerprint density at radius 3 is 2.13 bits per heavy atom. The number of rotatable bonds is 1. The molecule has 0 aromatic carbocycles. The van der Waals surface area contributed by atoms with Crippen LogP contribution in [0, 0.1) is 0 Å². The van der Waals surface area contributed by atoms with Crippen molar-refractivity contribution in [2.75, 3.05) is 13.6 Å². The minimum atomic E-state index is -0.234. The quantitative estimate of drug-likeness (QED) is 0.615. The lowest BCUT2D eigenvalue weighted by Gasteiger charge is -2.32. The molecular weight excluding hydrogens is 189 g/mol. The first-order valence-corrected chi connectivity index (χ1v) is 5.60. The SMILES string of the molecule is CN1CCC=C1B1OC(C)(C)C(C)(C)O1. The van der Waals surface area contributed by atoms with Gasteiger partial charge in [0.25, 0.3) is 0 Å². The zero-order chi connectivity index (χ0) is 11.3. The highest BCUT2D eigenvalue weighted by Gasteiger charge is 2.53. The van der Waals surface area contributed by atoms with Crippen LogP contribution in [0.2, 0.25) is 0 Å². The molecule has 2 heterocycles. The van der Waals surface area contributed by atoms with Crippen molar-refractivity contribution < 1.29 is 9.31 Å². The third-order valence-corrected chi connectivity index (χ3v) is 3.75. The van der Waals surface area contributed by atoms with E-state index in [0.29, 0.717) is 0 Å². The lowest BCUT2D eigenvalue weighted by Crippen LogP contribution is -2.41. The second-order valence-corrected chi connectivity index (χ2v) is 5.43. The van der Waals surface area contributed by atoms with Gasteiger partial charge in [0.2, 0.25) is 0 Å². The molecule has 15 heavy (non-hydrogen) atoms. The summed E-state index contributed by atoms with van der Waals surface area (Å²) in [7, 11) is 1.90. The van der Waals surface area contributed by atoms with Gasteiger partial charge in [-0.05, 0) is 34.1 Å². The Hall–Kier alpha value is -0.475. The monoisotopic (exact) mass is 209 g/mol. The van der Waals surface area contributed by atoms with Crippen LogP contribution in [0.4, 0.5) is 0 Å². The normalized spacial score (nSPS) is 28.5. The predicted octanol–water partition coefficient (Wildman–Crippen LogP) is 1.84. The van der Waals surface area contributed by atoms with Crippen molar-refractivity contribution in [2.24, 2.45) is 0 Å². The second-order valence-electron chi connectivity index (χ2n) is 5.43. The third-order valence-electron chi connectivity index (χ3n) is 3.75. The number of hydrogen-bond acceptors (Lipinski definition) is 3. The molecule has 3 nitrogen and oxygen atoms in total. The largest absolute Gasteiger partial charge is 0.511 e. The summed E-state index contributed by atoms with van der Waals surface area (Å²) in [5.74, 6) is 0. The standard InChI is InChI=1S/C11H20BNO2/c1-10(2)11(3,4)15-12(14-10)9-7-6-8-13(9)5/h7H,6,8H2,1-5H3. The van der Waals surface area contributed by atoms with Gasteiger partial charge >= 0.3 is 7.12 Å². The molecule has 0 amide bonds. The van der Waals surface area contributed by atoms with Crippen molar-refractivity contribution in [1.29, 1.82) is 0 Å². The molecule has 4 heteroatoms. The van der Waals surface area contributed by atoms with E-state index in [-0.39, 0.29) is 18.3 Å². The molecule has 0 unspecified atom stereocenters. The van der Waals surface area contributed by atoms with Crippen LogP contribution in [0.5, 0.6) is 0 Å². The van der Waals surface area contributed by atoms with E-state index in [9.17, 15) is 0 Å². The van der Waals surface area contributed by atoms with E-state index in [4.69, 9.17) is 9.31 Å². The molecule has 1 saturated heterocycles. The average molecular weight is 209 g/mol. The fourth-order valence-electron chi connectivity index (χ4n) is 1.93. The smallest absolute Gasteiger partial charge is 0.398 e. The third kappa shape index (κ3) is 1.70. The minimum Gasteiger partial charge on any atom is -0.398 e. The fraction of sp³-hybridized carbons (Fsp3) is 0.818. The Balaban J connectivity index is 2.16. The molecule has 1 fully saturated rings. The molecule has 0 aromatic rings. The molecule has 2 aliphatic rings. The van der Waals surface area contributed by atoms with Crippen LogP contribution in [0.15, 0.2) is 11.7 Å². The molecule has 0 spiro atoms. The van der Waals surface area contributed by atoms with Gasteiger partial charge in [-0.2, -0.15) is 0 Å². The Morgan fingerprint density at radius 2 is 1.73 bits per heavy atom. The summed E-state index contributed by atoms with van der Waals surface area (Å²) < 4.78 is 12.0. The maximum absolute atomic E-state index is 5.99. The minimum absolute atomic E-state index is 0.192. The Morgan fingerprint density at radius 1 is 1.20 bits per heavy atom. The summed E-state index contributed by atoms with van der Waals surface area (Å²) in [4.78, 5) is 2.21. The van der Waals surface area contributed by atoms with Crippen LogP contribution in [-0.4, -0.2) is 36.8 Å². The zero-order valence-electron chi connectivity index (χ0n) is 10.3. The van der Waals surface area contributed by atoms with Gasteiger partial charge in [-0.1, -0.05) is 6.08 Å². The molecule has 0 aromatic heterocycles. The molecule has 2 rings (SSSR count). The van der Waals surface area contributed by atoms with Gasteiger partial charge in [0.05, 0.1) is 11.2 Å². The molecule has 84 valence electrons. The van der Waals surface area contributed by atoms with Gasteiger partial charge in [-0.3, -0.25) is 0 Å². The Kier molecular flexibility index (Phi) is 2.39. The van der Waals surface area contributed by atoms with Crippen molar-refractivity contribution in [1.82, 2.24) is 4.90 Å². The van der Waals surface area contributed by atoms with E-state index in [1.54, 1.807) is 0 Å². The lowest BCUT2D eigenvalue weighted by molar-refractivity contribution is 0.00578. The second kappa shape index (κ2) is 3.26. The fourth-order valence-corrected chi connectivity index (χ4v) is 1.93. The van der Waals surface area contributed by atoms with Crippen LogP contribution in [0.25, 0.3) is 0 Å². The summed E-state index contributed by atoms with van der Waals surface area (Å²) in [6, 6.07) is 0. The van der Waals surface area contributed by atoms with Crippen molar-refractivity contribution in [3.05, 3.63) is 11.7 Å². The summed E-state index contributed by atoms with van der Waals surface area (Å²) in [5.41, 5.74) is 0.706. The maximum Gasteiger partial charge on any atom is 0.511 e. The van der Waals surface area contributed by atoms with Gasteiger partial charge in [-0.25, -0.2) is 0 Å². The maximum atomic E-state index is 5.99. The summed E-state index contributed by atoms with van der Waals surface area (Å²) in [5, 5.41) is 0. The molecule has 0 atom stereocenters. The van der Waals surface area contributed by atoms with E-state index >= 15 is 0 Å². The molecule has 0 bridgehead atoms. The van der Waals surface area contributed by atoms with Gasteiger partial charge < -0.3 is 14.2 Å². The topological polar surface area (TPSA) is 21.7 Å². The van der Waals surface area contributed by atoms with Crippen LogP contribution in [0.3, 0.4) is 0 Å². The van der Waals surface area contributed by atoms with E-state index < -0.39 is 0 Å². The number of nitrogens with zero attached hydrogens (tertiary/aromatic N) is 1. The highest BCUT2D eigenvalue weighted by molar-refractivity contribution is 6.54. The van der Waals surface area contributed by atoms with Gasteiger partial charge in [0, 0.05) is 19.2 Å². The molecule has 2 aliphatic heterocycles. The van der Waals surface area contributed by atoms with Gasteiger partial charge in [0.1, 0.15) is 0 Å². The number of hydrogen-bond donors (Lipinski definition) is 0. The molecule has 0 aliphatic carbocycles. The van der Waals surface area contributed by atoms with E-state index in [1.807, 2.05) is 0 Å². The predicted molar refractivity (Wildman–Crippen MR) is 61.4 cm³/mol. The van der Waals surface area contributed by atoms with Crippen LogP contribution in [-0.2, 0) is 9.31 Å². The van der Waals surface area contributed by atoms with Crippen LogP contribution in [0.1, 0.15) is 34.1 Å². The van der Waals surface area contributed by atoms with E-state index in [0.717, 1.165) is 13.0 Å². The molecular formula is C11H20BNO2. The first kappa shape index (κ1) is 11.0. The summed E-state index contributed by atoms with van der Waals surface area (Å²) in [6.45, 7) is 9.41. The van der Waals surface area contributed by atoms with Crippen molar-refractivity contribution in [2.45, 2.75) is 45.3 Å². The van der Waals surface area contributed by atoms with Crippen LogP contribution >= 0.6 is 0 Å². The van der Waals surface area contributed by atoms with Crippen molar-refractivity contribution >= 4 is 7.12 Å². The van der Waals surface area contributed by atoms with Crippen LogP contribution < -0.4 is 0 Å². The Bertz CT molecular complexity index is 283. The highest BCUT2D eigenvalue weighted by atomic mass is 16.7. The average Bonchev–Trinajstić information content (AvgIpc) is 2.55. The van der Waals surface area contributed by atoms with Gasteiger partial charge in [0.15, 0.2) is 0 Å².